The molecule has 0 aromatic heterocycles. The molecule has 0 amide bonds. The molecule has 0 fully saturated rings. The molecule has 0 radical (unpaired) electrons. The minimum Gasteiger partial charge on any atom is -0.466 e. The minimum absolute atomic E-state index is 0.0954. The van der Waals surface area contributed by atoms with Crippen molar-refractivity contribution < 1.29 is 19.1 Å². The predicted molar refractivity (Wildman–Crippen MR) is 79.3 cm³/mol. The Kier molecular flexibility index (Phi) is 9.26. The fraction of sp³-hybridized carbons (Fsp3) is 0.875. The quantitative estimate of drug-likeness (QED) is 0.479. The first-order valence-electron chi connectivity index (χ1n) is 7.65. The molecule has 0 aromatic carbocycles. The van der Waals surface area contributed by atoms with E-state index in [1.807, 2.05) is 34.6 Å². The van der Waals surface area contributed by atoms with Crippen LogP contribution in [0.25, 0.3) is 0 Å². The number of esters is 2. The third kappa shape index (κ3) is 8.18. The summed E-state index contributed by atoms with van der Waals surface area (Å²) in [7, 11) is 0. The molecule has 4 heteroatoms. The van der Waals surface area contributed by atoms with E-state index in [1.165, 1.54) is 0 Å². The molecule has 0 N–H and O–H groups in total. The first-order chi connectivity index (χ1) is 9.32. The zero-order valence-electron chi connectivity index (χ0n) is 13.7. The number of rotatable bonds is 9. The van der Waals surface area contributed by atoms with Gasteiger partial charge in [-0.15, -0.1) is 0 Å². The van der Waals surface area contributed by atoms with Gasteiger partial charge in [-0.3, -0.25) is 9.59 Å². The lowest BCUT2D eigenvalue weighted by Crippen LogP contribution is -2.33. The molecule has 118 valence electrons. The third-order valence-corrected chi connectivity index (χ3v) is 3.20. The molecule has 0 rings (SSSR count). The molecule has 1 atom stereocenters. The van der Waals surface area contributed by atoms with E-state index in [9.17, 15) is 9.59 Å². The molecule has 0 heterocycles. The number of hydrogen-bond acceptors (Lipinski definition) is 4. The van der Waals surface area contributed by atoms with Crippen LogP contribution in [-0.2, 0) is 19.1 Å². The molecule has 1 unspecified atom stereocenters. The Balaban J connectivity index is 4.42. The van der Waals surface area contributed by atoms with Crippen LogP contribution in [0, 0.1) is 11.3 Å². The summed E-state index contributed by atoms with van der Waals surface area (Å²) in [4.78, 5) is 23.9. The van der Waals surface area contributed by atoms with E-state index in [1.54, 1.807) is 0 Å². The van der Waals surface area contributed by atoms with Crippen molar-refractivity contribution in [2.75, 3.05) is 13.2 Å². The van der Waals surface area contributed by atoms with Crippen molar-refractivity contribution in [1.82, 2.24) is 0 Å². The van der Waals surface area contributed by atoms with Gasteiger partial charge in [-0.2, -0.15) is 0 Å². The number of hydrogen-bond donors (Lipinski definition) is 0. The topological polar surface area (TPSA) is 52.6 Å². The van der Waals surface area contributed by atoms with E-state index in [4.69, 9.17) is 9.47 Å². The zero-order valence-corrected chi connectivity index (χ0v) is 13.7. The molecule has 0 aliphatic rings. The summed E-state index contributed by atoms with van der Waals surface area (Å²) < 4.78 is 10.4. The van der Waals surface area contributed by atoms with Crippen LogP contribution in [0.5, 0.6) is 0 Å². The summed E-state index contributed by atoms with van der Waals surface area (Å²) >= 11 is 0. The van der Waals surface area contributed by atoms with Crippen LogP contribution < -0.4 is 0 Å². The smallest absolute Gasteiger partial charge is 0.310 e. The van der Waals surface area contributed by atoms with Gasteiger partial charge in [0, 0.05) is 0 Å². The highest BCUT2D eigenvalue weighted by Gasteiger charge is 2.35. The zero-order chi connectivity index (χ0) is 15.6. The molecule has 0 saturated carbocycles. The Morgan fingerprint density at radius 1 is 0.950 bits per heavy atom. The van der Waals surface area contributed by atoms with Gasteiger partial charge < -0.3 is 9.47 Å². The fourth-order valence-corrected chi connectivity index (χ4v) is 1.72. The minimum atomic E-state index is -0.450. The number of carbonyl (C=O) groups excluding carboxylic acids is 2. The van der Waals surface area contributed by atoms with Gasteiger partial charge in [-0.1, -0.05) is 47.5 Å². The van der Waals surface area contributed by atoms with E-state index < -0.39 is 5.92 Å². The van der Waals surface area contributed by atoms with Crippen LogP contribution in [0.4, 0.5) is 0 Å². The Morgan fingerprint density at radius 2 is 1.45 bits per heavy atom. The lowest BCUT2D eigenvalue weighted by atomic mass is 9.79. The van der Waals surface area contributed by atoms with E-state index in [0.717, 1.165) is 25.7 Å². The van der Waals surface area contributed by atoms with Crippen molar-refractivity contribution in [2.24, 2.45) is 11.3 Å². The SMILES string of the molecule is CCCCOC(=O)CC(C(=O)OCCCC)C(C)(C)C. The monoisotopic (exact) mass is 286 g/mol. The third-order valence-electron chi connectivity index (χ3n) is 3.20. The highest BCUT2D eigenvalue weighted by molar-refractivity contribution is 5.80. The van der Waals surface area contributed by atoms with Crippen LogP contribution in [-0.4, -0.2) is 25.2 Å². The Bertz CT molecular complexity index is 291. The molecule has 20 heavy (non-hydrogen) atoms. The van der Waals surface area contributed by atoms with Crippen molar-refractivity contribution in [2.45, 2.75) is 66.7 Å². The van der Waals surface area contributed by atoms with Crippen LogP contribution in [0.2, 0.25) is 0 Å². The van der Waals surface area contributed by atoms with Gasteiger partial charge in [0.05, 0.1) is 25.6 Å². The van der Waals surface area contributed by atoms with Crippen LogP contribution in [0.15, 0.2) is 0 Å². The molecule has 4 nitrogen and oxygen atoms in total. The second-order valence-electron chi connectivity index (χ2n) is 6.22. The molecular weight excluding hydrogens is 256 g/mol. The van der Waals surface area contributed by atoms with Gasteiger partial charge in [-0.25, -0.2) is 0 Å². The van der Waals surface area contributed by atoms with Crippen molar-refractivity contribution in [3.63, 3.8) is 0 Å². The molecular formula is C16H30O4. The maximum Gasteiger partial charge on any atom is 0.310 e. The van der Waals surface area contributed by atoms with Crippen LogP contribution in [0.1, 0.15) is 66.7 Å². The largest absolute Gasteiger partial charge is 0.466 e. The summed E-state index contributed by atoms with van der Waals surface area (Å²) in [5.74, 6) is -1.06. The van der Waals surface area contributed by atoms with Gasteiger partial charge in [0.1, 0.15) is 0 Å². The highest BCUT2D eigenvalue weighted by atomic mass is 16.5. The maximum absolute atomic E-state index is 12.1. The summed E-state index contributed by atoms with van der Waals surface area (Å²) in [6.07, 6.45) is 3.76. The van der Waals surface area contributed by atoms with Crippen molar-refractivity contribution >= 4 is 11.9 Å². The first kappa shape index (κ1) is 18.9. The highest BCUT2D eigenvalue weighted by Crippen LogP contribution is 2.30. The Morgan fingerprint density at radius 3 is 1.90 bits per heavy atom. The Hall–Kier alpha value is -1.06. The summed E-state index contributed by atoms with van der Waals surface area (Å²) in [6, 6.07) is 0. The molecule has 0 saturated heterocycles. The Labute approximate surface area is 123 Å². The summed E-state index contributed by atoms with van der Waals surface area (Å²) in [5.41, 5.74) is -0.312. The molecule has 0 aliphatic carbocycles. The number of unbranched alkanes of at least 4 members (excludes halogenated alkanes) is 2. The molecule has 0 aliphatic heterocycles. The maximum atomic E-state index is 12.1. The van der Waals surface area contributed by atoms with Crippen molar-refractivity contribution in [1.29, 1.82) is 0 Å². The number of ether oxygens (including phenoxy) is 2. The lowest BCUT2D eigenvalue weighted by Gasteiger charge is -2.28. The average molecular weight is 286 g/mol. The van der Waals surface area contributed by atoms with Gasteiger partial charge in [0.25, 0.3) is 0 Å². The van der Waals surface area contributed by atoms with Crippen LogP contribution in [0.3, 0.4) is 0 Å². The number of carbonyl (C=O) groups is 2. The summed E-state index contributed by atoms with van der Waals surface area (Å²) in [5, 5.41) is 0. The summed E-state index contributed by atoms with van der Waals surface area (Å²) in [6.45, 7) is 10.8. The van der Waals surface area contributed by atoms with Gasteiger partial charge in [-0.05, 0) is 18.3 Å². The van der Waals surface area contributed by atoms with Gasteiger partial charge >= 0.3 is 11.9 Å². The van der Waals surface area contributed by atoms with E-state index in [-0.39, 0.29) is 23.8 Å². The van der Waals surface area contributed by atoms with E-state index in [2.05, 4.69) is 0 Å². The molecule has 0 bridgehead atoms. The molecule has 0 spiro atoms. The average Bonchev–Trinajstić information content (AvgIpc) is 2.35. The normalized spacial score (nSPS) is 12.8. The van der Waals surface area contributed by atoms with E-state index in [0.29, 0.717) is 13.2 Å². The first-order valence-corrected chi connectivity index (χ1v) is 7.65. The molecule has 0 aromatic rings. The van der Waals surface area contributed by atoms with Crippen molar-refractivity contribution in [3.05, 3.63) is 0 Å². The van der Waals surface area contributed by atoms with Gasteiger partial charge in [0.15, 0.2) is 0 Å². The predicted octanol–water partition coefficient (Wildman–Crippen LogP) is 3.73. The fourth-order valence-electron chi connectivity index (χ4n) is 1.72. The lowest BCUT2D eigenvalue weighted by molar-refractivity contribution is -0.159. The van der Waals surface area contributed by atoms with Crippen LogP contribution >= 0.6 is 0 Å². The second-order valence-corrected chi connectivity index (χ2v) is 6.22. The second kappa shape index (κ2) is 9.78. The van der Waals surface area contributed by atoms with Crippen molar-refractivity contribution in [3.8, 4) is 0 Å². The standard InChI is InChI=1S/C16H30O4/c1-6-8-10-19-14(17)12-13(16(3,4)5)15(18)20-11-9-7-2/h13H,6-12H2,1-5H3. The van der Waals surface area contributed by atoms with Gasteiger partial charge in [0.2, 0.25) is 0 Å². The van der Waals surface area contributed by atoms with E-state index >= 15 is 0 Å².